The summed E-state index contributed by atoms with van der Waals surface area (Å²) in [6.45, 7) is 3.48. The Balaban J connectivity index is 0.00000784. The lowest BCUT2D eigenvalue weighted by atomic mass is 10.0. The van der Waals surface area contributed by atoms with E-state index in [2.05, 4.69) is 41.8 Å². The molecule has 0 radical (unpaired) electrons. The van der Waals surface area contributed by atoms with E-state index in [0.29, 0.717) is 0 Å². The van der Waals surface area contributed by atoms with Crippen molar-refractivity contribution >= 4 is 0 Å². The molecule has 0 spiro atoms. The highest BCUT2D eigenvalue weighted by Crippen LogP contribution is 2.14. The lowest BCUT2D eigenvalue weighted by molar-refractivity contribution is -0.696. The van der Waals surface area contributed by atoms with Crippen LogP contribution < -0.4 is 21.5 Å². The summed E-state index contributed by atoms with van der Waals surface area (Å²) in [4.78, 5) is 0. The summed E-state index contributed by atoms with van der Waals surface area (Å²) in [7, 11) is 2.09. The van der Waals surface area contributed by atoms with Crippen LogP contribution in [0.4, 0.5) is 0 Å². The number of aromatic nitrogens is 2. The fourth-order valence-corrected chi connectivity index (χ4v) is 4.18. The molecule has 0 aliphatic rings. The Kier molecular flexibility index (Phi) is 22.1. The van der Waals surface area contributed by atoms with Gasteiger partial charge in [0.15, 0.2) is 0 Å². The zero-order valence-corrected chi connectivity index (χ0v) is 21.4. The highest BCUT2D eigenvalue weighted by atomic mass is 79.9. The summed E-state index contributed by atoms with van der Waals surface area (Å²) in [6.07, 6.45) is 35.5. The van der Waals surface area contributed by atoms with Gasteiger partial charge in [-0.3, -0.25) is 0 Å². The van der Waals surface area contributed by atoms with Crippen LogP contribution in [0.3, 0.4) is 0 Å². The van der Waals surface area contributed by atoms with Crippen LogP contribution in [0, 0.1) is 0 Å². The smallest absolute Gasteiger partial charge is 0.243 e. The van der Waals surface area contributed by atoms with E-state index in [1.54, 1.807) is 0 Å². The fraction of sp³-hybridized carbons (Fsp3) is 0.885. The number of aryl methyl sites for hydroxylation is 2. The number of hydrogen-bond acceptors (Lipinski definition) is 0. The summed E-state index contributed by atoms with van der Waals surface area (Å²) in [5.74, 6) is 0. The highest BCUT2D eigenvalue weighted by Gasteiger charge is 1.99. The van der Waals surface area contributed by atoms with E-state index in [4.69, 9.17) is 0 Å². The molecule has 0 atom stereocenters. The van der Waals surface area contributed by atoms with Crippen LogP contribution in [0.2, 0.25) is 0 Å². The molecule has 0 N–H and O–H groups in total. The molecule has 1 aromatic rings. The normalized spacial score (nSPS) is 11.0. The van der Waals surface area contributed by atoms with E-state index in [-0.39, 0.29) is 17.0 Å². The van der Waals surface area contributed by atoms with E-state index < -0.39 is 0 Å². The predicted molar refractivity (Wildman–Crippen MR) is 124 cm³/mol. The third kappa shape index (κ3) is 19.4. The van der Waals surface area contributed by atoms with Gasteiger partial charge in [-0.05, 0) is 12.8 Å². The van der Waals surface area contributed by atoms with Gasteiger partial charge in [-0.25, -0.2) is 9.13 Å². The Morgan fingerprint density at radius 2 is 0.897 bits per heavy atom. The monoisotopic (exact) mass is 470 g/mol. The number of rotatable bonds is 21. The fourth-order valence-electron chi connectivity index (χ4n) is 4.18. The first-order valence-corrected chi connectivity index (χ1v) is 12.8. The molecule has 0 bridgehead atoms. The molecule has 0 aromatic carbocycles. The van der Waals surface area contributed by atoms with Crippen LogP contribution in [-0.2, 0) is 13.6 Å². The number of halogens is 1. The molecule has 0 aliphatic carbocycles. The number of nitrogens with zero attached hydrogens (tertiary/aromatic N) is 2. The average Bonchev–Trinajstić information content (AvgIpc) is 3.11. The van der Waals surface area contributed by atoms with Crippen molar-refractivity contribution in [3.8, 4) is 0 Å². The minimum Gasteiger partial charge on any atom is -1.00 e. The molecular formula is C26H51BrN2. The van der Waals surface area contributed by atoms with Gasteiger partial charge in [0.2, 0.25) is 6.33 Å². The zero-order chi connectivity index (χ0) is 20.1. The van der Waals surface area contributed by atoms with Gasteiger partial charge in [0.25, 0.3) is 0 Å². The third-order valence-electron chi connectivity index (χ3n) is 6.09. The summed E-state index contributed by atoms with van der Waals surface area (Å²) < 4.78 is 4.42. The van der Waals surface area contributed by atoms with Crippen molar-refractivity contribution in [1.82, 2.24) is 4.57 Å². The largest absolute Gasteiger partial charge is 1.00 e. The molecule has 0 saturated carbocycles. The summed E-state index contributed by atoms with van der Waals surface area (Å²) in [5.41, 5.74) is 0. The van der Waals surface area contributed by atoms with E-state index in [9.17, 15) is 0 Å². The molecule has 2 nitrogen and oxygen atoms in total. The lowest BCUT2D eigenvalue weighted by Crippen LogP contribution is -3.00. The Labute approximate surface area is 193 Å². The summed E-state index contributed by atoms with van der Waals surface area (Å²) in [6, 6.07) is 0. The number of unbranched alkanes of at least 4 members (excludes halogenated alkanes) is 19. The first-order chi connectivity index (χ1) is 13.8. The molecule has 172 valence electrons. The van der Waals surface area contributed by atoms with Gasteiger partial charge >= 0.3 is 0 Å². The van der Waals surface area contributed by atoms with Crippen LogP contribution >= 0.6 is 0 Å². The van der Waals surface area contributed by atoms with Crippen molar-refractivity contribution in [3.05, 3.63) is 18.7 Å². The summed E-state index contributed by atoms with van der Waals surface area (Å²) in [5, 5.41) is 0. The summed E-state index contributed by atoms with van der Waals surface area (Å²) >= 11 is 0. The van der Waals surface area contributed by atoms with Crippen LogP contribution in [0.1, 0.15) is 135 Å². The van der Waals surface area contributed by atoms with E-state index in [1.165, 1.54) is 135 Å². The lowest BCUT2D eigenvalue weighted by Gasteiger charge is -2.04. The number of imidazole rings is 1. The van der Waals surface area contributed by atoms with E-state index in [0.717, 1.165) is 0 Å². The van der Waals surface area contributed by atoms with E-state index in [1.807, 2.05) is 0 Å². The van der Waals surface area contributed by atoms with Gasteiger partial charge in [0.05, 0.1) is 13.6 Å². The predicted octanol–water partition coefficient (Wildman–Crippen LogP) is 5.14. The third-order valence-corrected chi connectivity index (χ3v) is 6.09. The maximum Gasteiger partial charge on any atom is 0.243 e. The molecule has 0 unspecified atom stereocenters. The molecular weight excluding hydrogens is 420 g/mol. The molecule has 0 aliphatic heterocycles. The van der Waals surface area contributed by atoms with Crippen molar-refractivity contribution in [2.75, 3.05) is 0 Å². The van der Waals surface area contributed by atoms with Crippen LogP contribution in [0.5, 0.6) is 0 Å². The van der Waals surface area contributed by atoms with Crippen LogP contribution in [0.25, 0.3) is 0 Å². The molecule has 1 aromatic heterocycles. The Morgan fingerprint density at radius 3 is 1.21 bits per heavy atom. The van der Waals surface area contributed by atoms with Crippen molar-refractivity contribution in [2.24, 2.45) is 7.05 Å². The van der Waals surface area contributed by atoms with Gasteiger partial charge in [-0.2, -0.15) is 0 Å². The SMILES string of the molecule is CCCCCCCCCCCCCCCCCCCCCC[n+]1ccn(C)c1.[Br-]. The minimum absolute atomic E-state index is 0. The molecule has 1 heterocycles. The van der Waals surface area contributed by atoms with Gasteiger partial charge in [0, 0.05) is 0 Å². The standard InChI is InChI=1S/C26H51N2.BrH/c1-3-4-5-6-7-8-9-10-11-12-13-14-15-16-17-18-19-20-21-22-23-28-25-24-27(2)26-28;/h24-26H,3-23H2,1-2H3;1H/q+1;/p-1. The molecule has 29 heavy (non-hydrogen) atoms. The van der Waals surface area contributed by atoms with Crippen molar-refractivity contribution in [2.45, 2.75) is 142 Å². The van der Waals surface area contributed by atoms with Gasteiger partial charge in [-0.1, -0.05) is 122 Å². The van der Waals surface area contributed by atoms with Gasteiger partial charge < -0.3 is 17.0 Å². The quantitative estimate of drug-likeness (QED) is 0.173. The molecule has 0 amide bonds. The second-order valence-corrected chi connectivity index (χ2v) is 9.03. The Morgan fingerprint density at radius 1 is 0.552 bits per heavy atom. The number of hydrogen-bond donors (Lipinski definition) is 0. The molecule has 0 saturated heterocycles. The maximum atomic E-state index is 2.30. The van der Waals surface area contributed by atoms with Gasteiger partial charge in [-0.15, -0.1) is 0 Å². The highest BCUT2D eigenvalue weighted by molar-refractivity contribution is 4.62. The second-order valence-electron chi connectivity index (χ2n) is 9.03. The van der Waals surface area contributed by atoms with Crippen molar-refractivity contribution in [3.63, 3.8) is 0 Å². The zero-order valence-electron chi connectivity index (χ0n) is 19.9. The molecule has 0 fully saturated rings. The van der Waals surface area contributed by atoms with Crippen LogP contribution in [-0.4, -0.2) is 4.57 Å². The Hall–Kier alpha value is -0.310. The molecule has 3 heteroatoms. The van der Waals surface area contributed by atoms with Crippen molar-refractivity contribution < 1.29 is 21.5 Å². The minimum atomic E-state index is 0. The second kappa shape index (κ2) is 22.4. The van der Waals surface area contributed by atoms with Gasteiger partial charge in [0.1, 0.15) is 12.4 Å². The van der Waals surface area contributed by atoms with E-state index >= 15 is 0 Å². The first-order valence-electron chi connectivity index (χ1n) is 12.8. The first kappa shape index (κ1) is 28.7. The van der Waals surface area contributed by atoms with Crippen molar-refractivity contribution in [1.29, 1.82) is 0 Å². The van der Waals surface area contributed by atoms with Crippen LogP contribution in [0.15, 0.2) is 18.7 Å². The average molecular weight is 472 g/mol. The molecule has 1 rings (SSSR count). The topological polar surface area (TPSA) is 8.81 Å². The Bertz CT molecular complexity index is 430. The maximum absolute atomic E-state index is 2.30.